The summed E-state index contributed by atoms with van der Waals surface area (Å²) in [6, 6.07) is 9.07. The lowest BCUT2D eigenvalue weighted by Crippen LogP contribution is -1.92. The summed E-state index contributed by atoms with van der Waals surface area (Å²) in [6.07, 6.45) is 0. The van der Waals surface area contributed by atoms with Crippen molar-refractivity contribution < 1.29 is 13.5 Å². The maximum atomic E-state index is 13.4. The fraction of sp³-hybridized carbons (Fsp3) is 0.0769. The topological polar surface area (TPSA) is 9.23 Å². The third-order valence-corrected chi connectivity index (χ3v) is 3.65. The molecule has 0 saturated heterocycles. The van der Waals surface area contributed by atoms with E-state index in [1.165, 1.54) is 12.1 Å². The lowest BCUT2D eigenvalue weighted by molar-refractivity contribution is 0.416. The van der Waals surface area contributed by atoms with Crippen LogP contribution in [0, 0.1) is 11.6 Å². The first kappa shape index (κ1) is 13.5. The summed E-state index contributed by atoms with van der Waals surface area (Å²) in [4.78, 5) is 0. The van der Waals surface area contributed by atoms with E-state index in [1.807, 2.05) is 6.07 Å². The van der Waals surface area contributed by atoms with Crippen LogP contribution in [0.3, 0.4) is 0 Å². The monoisotopic (exact) mass is 376 g/mol. The minimum absolute atomic E-state index is 0.131. The summed E-state index contributed by atoms with van der Waals surface area (Å²) in [7, 11) is 0. The number of benzene rings is 2. The second kappa shape index (κ2) is 5.80. The molecule has 2 rings (SSSR count). The average Bonchev–Trinajstić information content (AvgIpc) is 2.35. The molecule has 2 aromatic carbocycles. The highest BCUT2D eigenvalue weighted by molar-refractivity contribution is 9.10. The van der Waals surface area contributed by atoms with Gasteiger partial charge in [-0.1, -0.05) is 44.0 Å². The summed E-state index contributed by atoms with van der Waals surface area (Å²) in [5, 5.41) is 0.697. The second-order valence-electron chi connectivity index (χ2n) is 3.54. The van der Waals surface area contributed by atoms with Gasteiger partial charge in [-0.15, -0.1) is 0 Å². The van der Waals surface area contributed by atoms with Gasteiger partial charge in [0.25, 0.3) is 0 Å². The van der Waals surface area contributed by atoms with Gasteiger partial charge in [-0.2, -0.15) is 4.39 Å². The van der Waals surface area contributed by atoms with Gasteiger partial charge in [-0.05, 0) is 29.8 Å². The number of hydrogen-bond acceptors (Lipinski definition) is 1. The quantitative estimate of drug-likeness (QED) is 0.649. The first-order chi connectivity index (χ1) is 8.61. The fourth-order valence-corrected chi connectivity index (χ4v) is 2.75. The summed E-state index contributed by atoms with van der Waals surface area (Å²) in [6.45, 7) is 0. The van der Waals surface area contributed by atoms with Crippen LogP contribution in [-0.4, -0.2) is 0 Å². The van der Waals surface area contributed by atoms with E-state index in [0.717, 1.165) is 16.1 Å². The Bertz CT molecular complexity index is 573. The third-order valence-electron chi connectivity index (χ3n) is 2.31. The number of alkyl halides is 1. The third kappa shape index (κ3) is 2.90. The van der Waals surface area contributed by atoms with Crippen LogP contribution in [0.25, 0.3) is 0 Å². The van der Waals surface area contributed by atoms with Gasteiger partial charge in [0.15, 0.2) is 11.6 Å². The molecular weight excluding hydrogens is 370 g/mol. The van der Waals surface area contributed by atoms with Crippen LogP contribution in [-0.2, 0) is 5.33 Å². The van der Waals surface area contributed by atoms with Crippen molar-refractivity contribution in [1.82, 2.24) is 0 Å². The lowest BCUT2D eigenvalue weighted by Gasteiger charge is -2.08. The predicted molar refractivity (Wildman–Crippen MR) is 73.2 cm³/mol. The molecule has 18 heavy (non-hydrogen) atoms. The number of hydrogen-bond donors (Lipinski definition) is 0. The molecule has 94 valence electrons. The van der Waals surface area contributed by atoms with E-state index in [4.69, 9.17) is 4.74 Å². The van der Waals surface area contributed by atoms with Gasteiger partial charge in [0.2, 0.25) is 5.82 Å². The van der Waals surface area contributed by atoms with Gasteiger partial charge in [0, 0.05) is 9.80 Å². The Morgan fingerprint density at radius 3 is 2.56 bits per heavy atom. The van der Waals surface area contributed by atoms with Crippen LogP contribution >= 0.6 is 31.9 Å². The van der Waals surface area contributed by atoms with Crippen LogP contribution in [0.4, 0.5) is 8.78 Å². The van der Waals surface area contributed by atoms with Crippen molar-refractivity contribution in [2.45, 2.75) is 5.33 Å². The van der Waals surface area contributed by atoms with E-state index in [-0.39, 0.29) is 5.75 Å². The van der Waals surface area contributed by atoms with Gasteiger partial charge >= 0.3 is 0 Å². The lowest BCUT2D eigenvalue weighted by atomic mass is 10.2. The van der Waals surface area contributed by atoms with Crippen molar-refractivity contribution in [1.29, 1.82) is 0 Å². The van der Waals surface area contributed by atoms with Crippen LogP contribution in [0.15, 0.2) is 40.9 Å². The Kier molecular flexibility index (Phi) is 4.35. The molecular formula is C13H8Br2F2O. The molecule has 0 amide bonds. The first-order valence-electron chi connectivity index (χ1n) is 5.08. The highest BCUT2D eigenvalue weighted by atomic mass is 79.9. The van der Waals surface area contributed by atoms with E-state index in [1.54, 1.807) is 12.1 Å². The molecule has 0 bridgehead atoms. The van der Waals surface area contributed by atoms with E-state index in [9.17, 15) is 8.78 Å². The Labute approximate surface area is 120 Å². The highest BCUT2D eigenvalue weighted by Crippen LogP contribution is 2.30. The van der Waals surface area contributed by atoms with Gasteiger partial charge in [0.05, 0.1) is 0 Å². The van der Waals surface area contributed by atoms with Crippen molar-refractivity contribution in [3.05, 3.63) is 58.1 Å². The normalized spacial score (nSPS) is 10.4. The SMILES string of the molecule is Fc1cccc(Oc2ccc(CBr)c(Br)c2)c1F. The molecule has 0 radical (unpaired) electrons. The molecule has 0 saturated carbocycles. The molecule has 5 heteroatoms. The highest BCUT2D eigenvalue weighted by Gasteiger charge is 2.10. The molecule has 0 unspecified atom stereocenters. The molecule has 0 N–H and O–H groups in total. The molecule has 0 aromatic heterocycles. The van der Waals surface area contributed by atoms with Gasteiger partial charge in [0.1, 0.15) is 5.75 Å². The van der Waals surface area contributed by atoms with E-state index >= 15 is 0 Å². The van der Waals surface area contributed by atoms with Crippen molar-refractivity contribution in [2.24, 2.45) is 0 Å². The van der Waals surface area contributed by atoms with E-state index in [2.05, 4.69) is 31.9 Å². The molecule has 0 spiro atoms. The smallest absolute Gasteiger partial charge is 0.201 e. The zero-order valence-corrected chi connectivity index (χ0v) is 12.3. The first-order valence-corrected chi connectivity index (χ1v) is 6.99. The average molecular weight is 378 g/mol. The van der Waals surface area contributed by atoms with Gasteiger partial charge in [-0.3, -0.25) is 0 Å². The number of ether oxygens (including phenoxy) is 1. The molecule has 0 atom stereocenters. The van der Waals surface area contributed by atoms with E-state index in [0.29, 0.717) is 11.1 Å². The van der Waals surface area contributed by atoms with Crippen molar-refractivity contribution in [3.63, 3.8) is 0 Å². The molecule has 1 nitrogen and oxygen atoms in total. The molecule has 0 aliphatic carbocycles. The Morgan fingerprint density at radius 2 is 1.89 bits per heavy atom. The Morgan fingerprint density at radius 1 is 1.11 bits per heavy atom. The van der Waals surface area contributed by atoms with Crippen LogP contribution in [0.2, 0.25) is 0 Å². The van der Waals surface area contributed by atoms with Crippen molar-refractivity contribution >= 4 is 31.9 Å². The van der Waals surface area contributed by atoms with Crippen LogP contribution < -0.4 is 4.74 Å². The molecule has 0 aliphatic heterocycles. The van der Waals surface area contributed by atoms with E-state index < -0.39 is 11.6 Å². The fourth-order valence-electron chi connectivity index (χ4n) is 1.39. The molecule has 0 aliphatic rings. The predicted octanol–water partition coefficient (Wildman–Crippen LogP) is 5.41. The van der Waals surface area contributed by atoms with Gasteiger partial charge in [-0.25, -0.2) is 4.39 Å². The van der Waals surface area contributed by atoms with Crippen LogP contribution in [0.1, 0.15) is 5.56 Å². The minimum Gasteiger partial charge on any atom is -0.454 e. The van der Waals surface area contributed by atoms with Crippen LogP contribution in [0.5, 0.6) is 11.5 Å². The molecule has 2 aromatic rings. The second-order valence-corrected chi connectivity index (χ2v) is 4.96. The Balaban J connectivity index is 2.29. The van der Waals surface area contributed by atoms with Crippen molar-refractivity contribution in [2.75, 3.05) is 0 Å². The summed E-state index contributed by atoms with van der Waals surface area (Å²) in [5.74, 6) is -1.61. The number of halogens is 4. The molecule has 0 heterocycles. The minimum atomic E-state index is -0.988. The largest absolute Gasteiger partial charge is 0.454 e. The summed E-state index contributed by atoms with van der Waals surface area (Å²) in [5.41, 5.74) is 1.04. The van der Waals surface area contributed by atoms with Crippen molar-refractivity contribution in [3.8, 4) is 11.5 Å². The molecule has 0 fully saturated rings. The van der Waals surface area contributed by atoms with Gasteiger partial charge < -0.3 is 4.74 Å². The maximum absolute atomic E-state index is 13.4. The zero-order valence-electron chi connectivity index (χ0n) is 9.09. The zero-order chi connectivity index (χ0) is 13.1. The summed E-state index contributed by atoms with van der Waals surface area (Å²) >= 11 is 6.72. The summed E-state index contributed by atoms with van der Waals surface area (Å²) < 4.78 is 32.6. The maximum Gasteiger partial charge on any atom is 0.201 e. The number of rotatable bonds is 3. The standard InChI is InChI=1S/C13H8Br2F2O/c14-7-8-4-5-9(6-10(8)15)18-12-3-1-2-11(16)13(12)17/h1-6H,7H2. The Hall–Kier alpha value is -0.940.